The average Bonchev–Trinajstić information content (AvgIpc) is 1.73. The van der Waals surface area contributed by atoms with Crippen LogP contribution < -0.4 is 21.3 Å². The molecule has 35 heteroatoms. The lowest BCUT2D eigenvalue weighted by Crippen LogP contribution is -2.35. The summed E-state index contributed by atoms with van der Waals surface area (Å²) in [4.78, 5) is 89.0. The number of aromatic nitrogens is 7. The third kappa shape index (κ3) is 30.4. The molecule has 12 atom stereocenters. The largest absolute Gasteiger partial charge is 0.480 e. The molecular weight excluding hydrogens is 1910 g/mol. The molecule has 1 unspecified atom stereocenters. The number of halogens is 4. The highest BCUT2D eigenvalue weighted by Gasteiger charge is 2.45. The van der Waals surface area contributed by atoms with E-state index >= 15 is 0 Å². The smallest absolute Gasteiger partial charge is 0.325 e. The SMILES string of the molecule is CC1(C)CCC(c2ccc(F)cc2[C@@H](C(=O)O)N2CC[C@@H](OCCCCc3ccc4c(n3)NCCC4)C2)O1.O=C(O)[C@@H](c1cc(F)cnc1[C@@H]1CCCCO1)N1CC[C@@H](OCCCCc2ccc3c(n2)NCCC3)C1.O=C(O)[C@@H](c1cc(F)cnc1[C@H]1CCCCO1)N1CC[C@@H](OCCCCc2ccc3c(n2)NCCC3)C1.O=C(O)[C@H](c1cc(F)cnc1[C@@H]1CCCCO1)N1CC[C@@H](OCCCCc2ccc3c(n2)NCCC3)C1. The second-order valence-corrected chi connectivity index (χ2v) is 42.4. The third-order valence-electron chi connectivity index (χ3n) is 30.9. The Balaban J connectivity index is 0.000000135. The van der Waals surface area contributed by atoms with Crippen molar-refractivity contribution in [3.05, 3.63) is 217 Å². The number of nitrogens with zero attached hydrogens (tertiary/aromatic N) is 11. The van der Waals surface area contributed by atoms with Gasteiger partial charge in [-0.15, -0.1) is 0 Å². The number of aliphatic carboxylic acids is 4. The standard InChI is InChI=1S/C30H40FN3O4.3C28H37FN4O4/c1-30(2)14-12-26(38-30)24-11-9-21(31)18-25(24)27(29(35)36)34-16-13-23(19-34)37-17-4-3-7-22-10-8-20-6-5-15-32-28(20)33-22;3*29-20-16-23(25(31-17-20)24-8-2-4-15-37-24)26(28(34)35)33-13-11-22(18-33)36-14-3-1-7-21-10-9-19-6-5-12-30-27(19)32-21/h8-11,18,23,26-27H,3-7,12-17,19H2,1-2H3,(H,32,33)(H,35,36);3*9-10,16-17,22,24,26H,1-8,11-15,18H2,(H,30,32)(H,34,35)/t23-,26?,27+;22-,24+,26+;22-,24+,26-;22-,24-,26-/m1111/s1. The molecular formula is C114H151F4N15O16. The number of hydrogen-bond acceptors (Lipinski definition) is 27. The summed E-state index contributed by atoms with van der Waals surface area (Å²) in [5, 5.41) is 54.1. The summed E-state index contributed by atoms with van der Waals surface area (Å²) in [6.45, 7) is 16.7. The van der Waals surface area contributed by atoms with Gasteiger partial charge in [0.2, 0.25) is 0 Å². The van der Waals surface area contributed by atoms with Crippen LogP contribution in [0.3, 0.4) is 0 Å². The molecule has 12 aliphatic rings. The molecule has 0 saturated carbocycles. The third-order valence-corrected chi connectivity index (χ3v) is 30.9. The van der Waals surface area contributed by atoms with Crippen molar-refractivity contribution in [1.82, 2.24) is 54.5 Å². The maximum absolute atomic E-state index is 14.3. The van der Waals surface area contributed by atoms with Crippen LogP contribution in [0.5, 0.6) is 0 Å². The van der Waals surface area contributed by atoms with Crippen LogP contribution in [0.15, 0.2) is 104 Å². The van der Waals surface area contributed by atoms with E-state index in [1.165, 1.54) is 52.6 Å². The highest BCUT2D eigenvalue weighted by molar-refractivity contribution is 5.78. The van der Waals surface area contributed by atoms with Gasteiger partial charge in [-0.05, 0) is 327 Å². The topological polar surface area (TPSA) is 374 Å². The van der Waals surface area contributed by atoms with Gasteiger partial charge in [0.15, 0.2) is 0 Å². The van der Waals surface area contributed by atoms with Gasteiger partial charge in [0.05, 0.1) is 90.1 Å². The lowest BCUT2D eigenvalue weighted by molar-refractivity contribution is -0.144. The van der Waals surface area contributed by atoms with E-state index in [-0.39, 0.29) is 54.4 Å². The first-order valence-corrected chi connectivity index (χ1v) is 55.1. The first-order valence-electron chi connectivity index (χ1n) is 55.1. The molecule has 8 saturated heterocycles. The number of anilines is 4. The Kier molecular flexibility index (Phi) is 39.9. The number of pyridine rings is 7. The fourth-order valence-electron chi connectivity index (χ4n) is 23.1. The van der Waals surface area contributed by atoms with E-state index < -0.39 is 71.3 Å². The molecule has 0 aliphatic carbocycles. The van der Waals surface area contributed by atoms with E-state index in [9.17, 15) is 57.2 Å². The van der Waals surface area contributed by atoms with Crippen LogP contribution in [-0.4, -0.2) is 254 Å². The molecule has 0 bridgehead atoms. The second-order valence-electron chi connectivity index (χ2n) is 42.4. The van der Waals surface area contributed by atoms with Gasteiger partial charge in [0, 0.05) is 164 Å². The minimum Gasteiger partial charge on any atom is -0.480 e. The van der Waals surface area contributed by atoms with Crippen LogP contribution in [-0.2, 0) is 108 Å². The monoisotopic (exact) mass is 2060 g/mol. The lowest BCUT2D eigenvalue weighted by atomic mass is 9.93. The molecule has 19 heterocycles. The van der Waals surface area contributed by atoms with Gasteiger partial charge in [-0.1, -0.05) is 30.3 Å². The lowest BCUT2D eigenvalue weighted by Gasteiger charge is -2.29. The molecule has 806 valence electrons. The van der Waals surface area contributed by atoms with Crippen LogP contribution >= 0.6 is 0 Å². The van der Waals surface area contributed by atoms with Gasteiger partial charge in [-0.2, -0.15) is 0 Å². The zero-order valence-electron chi connectivity index (χ0n) is 86.5. The van der Waals surface area contributed by atoms with Gasteiger partial charge in [-0.3, -0.25) is 53.7 Å². The fourth-order valence-corrected chi connectivity index (χ4v) is 23.1. The number of aryl methyl sites for hydroxylation is 8. The number of carboxylic acid groups (broad SMARTS) is 4. The Bertz CT molecular complexity index is 5340. The first-order chi connectivity index (χ1) is 72.5. The number of benzene rings is 1. The summed E-state index contributed by atoms with van der Waals surface area (Å²) >= 11 is 0. The summed E-state index contributed by atoms with van der Waals surface area (Å²) < 4.78 is 105. The van der Waals surface area contributed by atoms with Crippen molar-refractivity contribution in [2.75, 3.05) is 146 Å². The number of fused-ring (bicyclic) bond motifs is 4. The molecule has 8 aromatic rings. The van der Waals surface area contributed by atoms with Crippen LogP contribution in [0.2, 0.25) is 0 Å². The van der Waals surface area contributed by atoms with E-state index in [1.807, 2.05) is 33.4 Å². The number of ether oxygens (including phenoxy) is 8. The molecule has 12 aliphatic heterocycles. The summed E-state index contributed by atoms with van der Waals surface area (Å²) in [5.41, 5.74) is 13.4. The number of carboxylic acids is 4. The molecule has 20 rings (SSSR count). The summed E-state index contributed by atoms with van der Waals surface area (Å²) in [6, 6.07) is 21.8. The van der Waals surface area contributed by atoms with Gasteiger partial charge in [-0.25, -0.2) is 37.5 Å². The number of hydrogen-bond donors (Lipinski definition) is 8. The zero-order valence-corrected chi connectivity index (χ0v) is 86.5. The molecule has 0 amide bonds. The highest BCUT2D eigenvalue weighted by atomic mass is 19.1. The Hall–Kier alpha value is -10.4. The fraction of sp³-hybridized carbons (Fsp3) is 0.605. The van der Waals surface area contributed by atoms with Gasteiger partial charge in [0.25, 0.3) is 0 Å². The highest BCUT2D eigenvalue weighted by Crippen LogP contribution is 2.46. The molecule has 149 heavy (non-hydrogen) atoms. The van der Waals surface area contributed by atoms with E-state index in [1.54, 1.807) is 6.07 Å². The van der Waals surface area contributed by atoms with Crippen LogP contribution in [0, 0.1) is 23.3 Å². The number of unbranched alkanes of at least 4 members (excludes halogenated alkanes) is 4. The average molecular weight is 2060 g/mol. The van der Waals surface area contributed by atoms with Crippen molar-refractivity contribution in [1.29, 1.82) is 0 Å². The molecule has 1 aromatic carbocycles. The summed E-state index contributed by atoms with van der Waals surface area (Å²) in [6.07, 6.45) is 35.4. The molecule has 0 spiro atoms. The van der Waals surface area contributed by atoms with Gasteiger partial charge < -0.3 is 79.6 Å². The van der Waals surface area contributed by atoms with Crippen LogP contribution in [0.4, 0.5) is 40.8 Å². The predicted octanol–water partition coefficient (Wildman–Crippen LogP) is 18.8. The number of carbonyl (C=O) groups is 4. The van der Waals surface area contributed by atoms with Crippen molar-refractivity contribution in [2.45, 2.75) is 317 Å². The maximum atomic E-state index is 14.3. The quantitative estimate of drug-likeness (QED) is 0.0131. The molecule has 0 radical (unpaired) electrons. The molecule has 8 fully saturated rings. The minimum absolute atomic E-state index is 0.0263. The van der Waals surface area contributed by atoms with Gasteiger partial charge >= 0.3 is 23.9 Å². The number of likely N-dealkylation sites (tertiary alicyclic amines) is 4. The van der Waals surface area contributed by atoms with Gasteiger partial charge in [0.1, 0.15) is 70.7 Å². The Morgan fingerprint density at radius 1 is 0.362 bits per heavy atom. The summed E-state index contributed by atoms with van der Waals surface area (Å²) in [5.74, 6) is -1.86. The number of rotatable bonds is 40. The Morgan fingerprint density at radius 3 is 0.933 bits per heavy atom. The summed E-state index contributed by atoms with van der Waals surface area (Å²) in [7, 11) is 0. The predicted molar refractivity (Wildman–Crippen MR) is 555 cm³/mol. The zero-order chi connectivity index (χ0) is 104. The maximum Gasteiger partial charge on any atom is 0.325 e. The van der Waals surface area contributed by atoms with Crippen LogP contribution in [0.1, 0.15) is 326 Å². The number of nitrogens with one attached hydrogen (secondary N) is 4. The molecule has 7 aromatic heterocycles. The Labute approximate surface area is 872 Å². The van der Waals surface area contributed by atoms with E-state index in [4.69, 9.17) is 57.8 Å². The van der Waals surface area contributed by atoms with E-state index in [0.717, 1.165) is 321 Å². The van der Waals surface area contributed by atoms with Crippen molar-refractivity contribution < 1.29 is 95.1 Å². The van der Waals surface area contributed by atoms with Crippen LogP contribution in [0.25, 0.3) is 0 Å². The normalized spacial score (nSPS) is 23.0. The van der Waals surface area contributed by atoms with Crippen molar-refractivity contribution >= 4 is 47.1 Å². The first kappa shape index (κ1) is 110. The van der Waals surface area contributed by atoms with E-state index in [0.29, 0.717) is 138 Å². The van der Waals surface area contributed by atoms with E-state index in [2.05, 4.69) is 84.8 Å². The minimum atomic E-state index is -1.00. The molecule has 31 nitrogen and oxygen atoms in total. The van der Waals surface area contributed by atoms with Crippen molar-refractivity contribution in [3.8, 4) is 0 Å². The van der Waals surface area contributed by atoms with Crippen molar-refractivity contribution in [3.63, 3.8) is 0 Å². The molecule has 8 N–H and O–H groups in total. The second kappa shape index (κ2) is 54.2. The Morgan fingerprint density at radius 2 is 0.658 bits per heavy atom. The van der Waals surface area contributed by atoms with Crippen molar-refractivity contribution in [2.24, 2.45) is 0 Å².